The Morgan fingerprint density at radius 2 is 2.04 bits per heavy atom. The summed E-state index contributed by atoms with van der Waals surface area (Å²) in [6.07, 6.45) is 1.25. The zero-order chi connectivity index (χ0) is 16.6. The van der Waals surface area contributed by atoms with Crippen molar-refractivity contribution in [3.05, 3.63) is 29.8 Å². The molecule has 2 fully saturated rings. The predicted molar refractivity (Wildman–Crippen MR) is 84.0 cm³/mol. The first-order valence-electron chi connectivity index (χ1n) is 7.83. The maximum atomic E-state index is 12.4. The summed E-state index contributed by atoms with van der Waals surface area (Å²) in [6.45, 7) is 4.86. The van der Waals surface area contributed by atoms with Crippen LogP contribution in [0.4, 0.5) is 0 Å². The largest absolute Gasteiger partial charge is 0.484 e. The third-order valence-electron chi connectivity index (χ3n) is 4.88. The van der Waals surface area contributed by atoms with Crippen LogP contribution in [0.1, 0.15) is 30.6 Å². The van der Waals surface area contributed by atoms with Crippen LogP contribution in [0.2, 0.25) is 0 Å². The molecule has 0 radical (unpaired) electrons. The first-order chi connectivity index (χ1) is 10.9. The van der Waals surface area contributed by atoms with Crippen LogP contribution in [-0.4, -0.2) is 37.2 Å². The number of nitrogens with one attached hydrogen (secondary N) is 1. The molecule has 1 aliphatic carbocycles. The average Bonchev–Trinajstić information content (AvgIpc) is 2.98. The van der Waals surface area contributed by atoms with Gasteiger partial charge in [-0.2, -0.15) is 0 Å². The molecule has 3 atom stereocenters. The van der Waals surface area contributed by atoms with E-state index in [0.717, 1.165) is 13.0 Å². The van der Waals surface area contributed by atoms with Gasteiger partial charge in [0.05, 0.1) is 6.10 Å². The minimum Gasteiger partial charge on any atom is -0.484 e. The highest BCUT2D eigenvalue weighted by atomic mass is 16.5. The number of fused-ring (bicyclic) bond motifs is 1. The minimum atomic E-state index is -0.535. The summed E-state index contributed by atoms with van der Waals surface area (Å²) in [5.74, 6) is 0.281. The molecule has 6 nitrogen and oxygen atoms in total. The van der Waals surface area contributed by atoms with E-state index in [1.54, 1.807) is 24.3 Å². The van der Waals surface area contributed by atoms with E-state index in [0.29, 0.717) is 17.2 Å². The van der Waals surface area contributed by atoms with Crippen LogP contribution in [0.5, 0.6) is 5.75 Å². The molecule has 1 aliphatic heterocycles. The van der Waals surface area contributed by atoms with E-state index in [2.05, 4.69) is 19.2 Å². The van der Waals surface area contributed by atoms with Crippen molar-refractivity contribution in [3.63, 3.8) is 0 Å². The van der Waals surface area contributed by atoms with Crippen LogP contribution < -0.4 is 15.8 Å². The summed E-state index contributed by atoms with van der Waals surface area (Å²) in [5, 5.41) is 3.13. The van der Waals surface area contributed by atoms with Crippen LogP contribution in [0.15, 0.2) is 24.3 Å². The Hall–Kier alpha value is -2.08. The number of nitrogens with two attached hydrogens (primary N) is 1. The van der Waals surface area contributed by atoms with Gasteiger partial charge >= 0.3 is 0 Å². The average molecular weight is 318 g/mol. The molecule has 1 aromatic rings. The smallest absolute Gasteiger partial charge is 0.255 e. The molecule has 6 heteroatoms. The molecule has 2 amide bonds. The second kappa shape index (κ2) is 5.85. The van der Waals surface area contributed by atoms with Crippen molar-refractivity contribution < 1.29 is 19.1 Å². The fourth-order valence-electron chi connectivity index (χ4n) is 3.70. The molecule has 1 saturated carbocycles. The summed E-state index contributed by atoms with van der Waals surface area (Å²) < 4.78 is 10.9. The van der Waals surface area contributed by atoms with Gasteiger partial charge < -0.3 is 20.5 Å². The lowest BCUT2D eigenvalue weighted by Gasteiger charge is -2.54. The number of hydrogen-bond acceptors (Lipinski definition) is 4. The molecule has 1 heterocycles. The van der Waals surface area contributed by atoms with E-state index >= 15 is 0 Å². The number of carbonyl (C=O) groups is 2. The minimum absolute atomic E-state index is 0.0403. The Morgan fingerprint density at radius 3 is 2.70 bits per heavy atom. The fraction of sp³-hybridized carbons (Fsp3) is 0.529. The second-order valence-electron chi connectivity index (χ2n) is 6.80. The molecule has 0 spiro atoms. The van der Waals surface area contributed by atoms with E-state index in [1.807, 2.05) is 0 Å². The SMILES string of the molecule is CC1(C)C(NC(=O)c2ccc(OCC(N)=O)cc2)C2CCOC21. The van der Waals surface area contributed by atoms with Gasteiger partial charge in [0.1, 0.15) is 5.75 Å². The third kappa shape index (κ3) is 2.91. The third-order valence-corrected chi connectivity index (χ3v) is 4.88. The monoisotopic (exact) mass is 318 g/mol. The van der Waals surface area contributed by atoms with Crippen molar-refractivity contribution in [1.82, 2.24) is 5.32 Å². The van der Waals surface area contributed by atoms with Gasteiger partial charge in [-0.05, 0) is 30.7 Å². The van der Waals surface area contributed by atoms with Crippen molar-refractivity contribution in [3.8, 4) is 5.75 Å². The van der Waals surface area contributed by atoms with Crippen molar-refractivity contribution in [1.29, 1.82) is 0 Å². The number of amides is 2. The van der Waals surface area contributed by atoms with Gasteiger partial charge in [-0.1, -0.05) is 13.8 Å². The van der Waals surface area contributed by atoms with Gasteiger partial charge in [-0.15, -0.1) is 0 Å². The quantitative estimate of drug-likeness (QED) is 0.850. The molecular weight excluding hydrogens is 296 g/mol. The number of ether oxygens (including phenoxy) is 2. The molecular formula is C17H22N2O4. The van der Waals surface area contributed by atoms with Crippen molar-refractivity contribution in [2.45, 2.75) is 32.4 Å². The van der Waals surface area contributed by atoms with Gasteiger partial charge in [-0.3, -0.25) is 9.59 Å². The Labute approximate surface area is 135 Å². The molecule has 3 N–H and O–H groups in total. The summed E-state index contributed by atoms with van der Waals surface area (Å²) in [4.78, 5) is 23.1. The topological polar surface area (TPSA) is 90.6 Å². The lowest BCUT2D eigenvalue weighted by molar-refractivity contribution is -0.119. The number of carbonyl (C=O) groups excluding carboxylic acids is 2. The lowest BCUT2D eigenvalue weighted by atomic mass is 9.57. The highest BCUT2D eigenvalue weighted by molar-refractivity contribution is 5.94. The Kier molecular flexibility index (Phi) is 4.02. The van der Waals surface area contributed by atoms with Gasteiger partial charge in [-0.25, -0.2) is 0 Å². The van der Waals surface area contributed by atoms with Crippen LogP contribution in [0, 0.1) is 11.3 Å². The zero-order valence-electron chi connectivity index (χ0n) is 13.4. The van der Waals surface area contributed by atoms with Crippen molar-refractivity contribution in [2.75, 3.05) is 13.2 Å². The molecule has 1 saturated heterocycles. The Balaban J connectivity index is 1.61. The van der Waals surface area contributed by atoms with E-state index < -0.39 is 5.91 Å². The molecule has 3 rings (SSSR count). The molecule has 3 unspecified atom stereocenters. The molecule has 0 aromatic heterocycles. The number of primary amides is 1. The van der Waals surface area contributed by atoms with E-state index in [-0.39, 0.29) is 30.1 Å². The van der Waals surface area contributed by atoms with Crippen molar-refractivity contribution in [2.24, 2.45) is 17.1 Å². The Bertz CT molecular complexity index is 612. The van der Waals surface area contributed by atoms with E-state index in [9.17, 15) is 9.59 Å². The summed E-state index contributed by atoms with van der Waals surface area (Å²) in [5.41, 5.74) is 5.55. The lowest BCUT2D eigenvalue weighted by Crippen LogP contribution is -2.66. The summed E-state index contributed by atoms with van der Waals surface area (Å²) in [7, 11) is 0. The maximum Gasteiger partial charge on any atom is 0.255 e. The van der Waals surface area contributed by atoms with Crippen LogP contribution in [0.3, 0.4) is 0 Å². The normalized spacial score (nSPS) is 27.7. The van der Waals surface area contributed by atoms with Gasteiger partial charge in [0.2, 0.25) is 0 Å². The molecule has 124 valence electrons. The number of hydrogen-bond donors (Lipinski definition) is 2. The first kappa shape index (κ1) is 15.8. The van der Waals surface area contributed by atoms with E-state index in [1.165, 1.54) is 0 Å². The van der Waals surface area contributed by atoms with Gasteiger partial charge in [0, 0.05) is 29.5 Å². The number of rotatable bonds is 5. The molecule has 1 aromatic carbocycles. The molecule has 23 heavy (non-hydrogen) atoms. The van der Waals surface area contributed by atoms with Crippen LogP contribution >= 0.6 is 0 Å². The van der Waals surface area contributed by atoms with Crippen LogP contribution in [0.25, 0.3) is 0 Å². The van der Waals surface area contributed by atoms with Gasteiger partial charge in [0.25, 0.3) is 11.8 Å². The highest BCUT2D eigenvalue weighted by Crippen LogP contribution is 2.52. The Morgan fingerprint density at radius 1 is 1.35 bits per heavy atom. The summed E-state index contributed by atoms with van der Waals surface area (Å²) >= 11 is 0. The predicted octanol–water partition coefficient (Wildman–Crippen LogP) is 1.09. The maximum absolute atomic E-state index is 12.4. The first-order valence-corrected chi connectivity index (χ1v) is 7.83. The standard InChI is InChI=1S/C17H22N2O4/c1-17(2)14(12-7-8-22-15(12)17)19-16(21)10-3-5-11(6-4-10)23-9-13(18)20/h3-6,12,14-15H,7-9H2,1-2H3,(H2,18,20)(H,19,21). The fourth-order valence-corrected chi connectivity index (χ4v) is 3.70. The number of benzene rings is 1. The molecule has 2 aliphatic rings. The van der Waals surface area contributed by atoms with Gasteiger partial charge in [0.15, 0.2) is 6.61 Å². The summed E-state index contributed by atoms with van der Waals surface area (Å²) in [6, 6.07) is 6.81. The molecule has 0 bridgehead atoms. The van der Waals surface area contributed by atoms with Crippen LogP contribution in [-0.2, 0) is 9.53 Å². The van der Waals surface area contributed by atoms with Crippen molar-refractivity contribution >= 4 is 11.8 Å². The van der Waals surface area contributed by atoms with E-state index in [4.69, 9.17) is 15.2 Å². The zero-order valence-corrected chi connectivity index (χ0v) is 13.4. The highest BCUT2D eigenvalue weighted by Gasteiger charge is 2.59. The second-order valence-corrected chi connectivity index (χ2v) is 6.80.